The van der Waals surface area contributed by atoms with Crippen molar-refractivity contribution >= 4 is 0 Å². The van der Waals surface area contributed by atoms with E-state index in [-0.39, 0.29) is 33.9 Å². The standard InChI is InChI=1S/C22H23FN4O3/c1-14-12-18-20(22(28)27(14)7-6-26-8-10-29-11-9-26)19(16(13-24)21(25)30-18)15-4-2-3-5-17(15)23/h2-5,12,19H,6-11,25H2,1H3/t19-/m1/s1. The van der Waals surface area contributed by atoms with Crippen LogP contribution >= 0.6 is 0 Å². The quantitative estimate of drug-likeness (QED) is 0.827. The Morgan fingerprint density at radius 3 is 2.70 bits per heavy atom. The van der Waals surface area contributed by atoms with Gasteiger partial charge in [-0.2, -0.15) is 5.26 Å². The Kier molecular flexibility index (Phi) is 5.57. The fraction of sp³-hybridized carbons (Fsp3) is 0.364. The Labute approximate surface area is 173 Å². The van der Waals surface area contributed by atoms with Crippen LogP contribution in [0.4, 0.5) is 4.39 Å². The molecule has 30 heavy (non-hydrogen) atoms. The molecule has 4 rings (SSSR count). The fourth-order valence-corrected chi connectivity index (χ4v) is 4.05. The van der Waals surface area contributed by atoms with Crippen molar-refractivity contribution in [3.63, 3.8) is 0 Å². The number of allylic oxidation sites excluding steroid dienone is 1. The zero-order valence-electron chi connectivity index (χ0n) is 16.7. The van der Waals surface area contributed by atoms with Gasteiger partial charge in [0, 0.05) is 43.5 Å². The minimum absolute atomic E-state index is 0.0354. The van der Waals surface area contributed by atoms with E-state index in [2.05, 4.69) is 4.90 Å². The van der Waals surface area contributed by atoms with Crippen LogP contribution in [-0.2, 0) is 11.3 Å². The Bertz CT molecular complexity index is 1100. The zero-order valence-corrected chi connectivity index (χ0v) is 16.7. The molecule has 2 aliphatic rings. The number of pyridine rings is 1. The van der Waals surface area contributed by atoms with E-state index in [0.717, 1.165) is 13.1 Å². The summed E-state index contributed by atoms with van der Waals surface area (Å²) in [5, 5.41) is 9.68. The number of rotatable bonds is 4. The van der Waals surface area contributed by atoms with Crippen LogP contribution in [0.2, 0.25) is 0 Å². The molecule has 2 aromatic rings. The Hall–Kier alpha value is -3.15. The van der Waals surface area contributed by atoms with Gasteiger partial charge in [-0.1, -0.05) is 18.2 Å². The molecule has 1 saturated heterocycles. The van der Waals surface area contributed by atoms with Crippen LogP contribution in [0.15, 0.2) is 46.6 Å². The molecule has 0 radical (unpaired) electrons. The molecule has 156 valence electrons. The van der Waals surface area contributed by atoms with Crippen LogP contribution in [0.5, 0.6) is 5.75 Å². The van der Waals surface area contributed by atoms with Gasteiger partial charge in [0.05, 0.1) is 24.7 Å². The molecule has 0 saturated carbocycles. The van der Waals surface area contributed by atoms with E-state index >= 15 is 0 Å². The topological polar surface area (TPSA) is 93.5 Å². The number of hydrogen-bond donors (Lipinski definition) is 1. The van der Waals surface area contributed by atoms with E-state index in [1.165, 1.54) is 6.07 Å². The number of nitriles is 1. The van der Waals surface area contributed by atoms with E-state index in [4.69, 9.17) is 15.2 Å². The van der Waals surface area contributed by atoms with Crippen LogP contribution in [0, 0.1) is 24.1 Å². The summed E-state index contributed by atoms with van der Waals surface area (Å²) in [4.78, 5) is 15.7. The minimum atomic E-state index is -0.914. The van der Waals surface area contributed by atoms with Gasteiger partial charge in [0.25, 0.3) is 5.56 Å². The maximum Gasteiger partial charge on any atom is 0.258 e. The van der Waals surface area contributed by atoms with Gasteiger partial charge in [0.2, 0.25) is 5.88 Å². The van der Waals surface area contributed by atoms with Crippen molar-refractivity contribution in [2.45, 2.75) is 19.4 Å². The molecule has 0 unspecified atom stereocenters. The predicted octanol–water partition coefficient (Wildman–Crippen LogP) is 1.85. The number of nitrogens with zero attached hydrogens (tertiary/aromatic N) is 3. The first-order chi connectivity index (χ1) is 14.5. The number of morpholine rings is 1. The molecule has 1 atom stereocenters. The number of aromatic nitrogens is 1. The highest BCUT2D eigenvalue weighted by Gasteiger charge is 2.35. The summed E-state index contributed by atoms with van der Waals surface area (Å²) in [6.45, 7) is 5.98. The second kappa shape index (κ2) is 8.30. The Balaban J connectivity index is 1.80. The molecule has 7 nitrogen and oxygen atoms in total. The van der Waals surface area contributed by atoms with Gasteiger partial charge in [-0.25, -0.2) is 4.39 Å². The van der Waals surface area contributed by atoms with E-state index in [0.29, 0.717) is 32.0 Å². The summed E-state index contributed by atoms with van der Waals surface area (Å²) in [6, 6.07) is 9.84. The molecule has 0 spiro atoms. The first-order valence-corrected chi connectivity index (χ1v) is 9.87. The molecule has 1 aromatic carbocycles. The monoisotopic (exact) mass is 410 g/mol. The summed E-state index contributed by atoms with van der Waals surface area (Å²) < 4.78 is 27.3. The lowest BCUT2D eigenvalue weighted by Crippen LogP contribution is -2.40. The second-order valence-electron chi connectivity index (χ2n) is 7.42. The number of nitrogens with two attached hydrogens (primary N) is 1. The van der Waals surface area contributed by atoms with Crippen molar-refractivity contribution in [3.05, 3.63) is 74.8 Å². The smallest absolute Gasteiger partial charge is 0.258 e. The number of halogens is 1. The molecule has 3 heterocycles. The van der Waals surface area contributed by atoms with Crippen molar-refractivity contribution < 1.29 is 13.9 Å². The van der Waals surface area contributed by atoms with Crippen molar-refractivity contribution in [1.29, 1.82) is 5.26 Å². The van der Waals surface area contributed by atoms with Crippen LogP contribution in [-0.4, -0.2) is 42.3 Å². The van der Waals surface area contributed by atoms with Crippen molar-refractivity contribution in [2.24, 2.45) is 5.73 Å². The highest BCUT2D eigenvalue weighted by atomic mass is 19.1. The highest BCUT2D eigenvalue weighted by molar-refractivity contribution is 5.55. The zero-order chi connectivity index (χ0) is 21.3. The molecule has 0 bridgehead atoms. The first-order valence-electron chi connectivity index (χ1n) is 9.87. The van der Waals surface area contributed by atoms with Gasteiger partial charge < -0.3 is 19.8 Å². The average Bonchev–Trinajstić information content (AvgIpc) is 2.74. The summed E-state index contributed by atoms with van der Waals surface area (Å²) in [7, 11) is 0. The third kappa shape index (κ3) is 3.58. The largest absolute Gasteiger partial charge is 0.440 e. The number of hydrogen-bond acceptors (Lipinski definition) is 6. The van der Waals surface area contributed by atoms with Gasteiger partial charge in [-0.05, 0) is 13.0 Å². The normalized spacial score (nSPS) is 19.2. The molecule has 2 N–H and O–H groups in total. The van der Waals surface area contributed by atoms with Crippen molar-refractivity contribution in [1.82, 2.24) is 9.47 Å². The van der Waals surface area contributed by atoms with Gasteiger partial charge in [-0.3, -0.25) is 9.69 Å². The molecule has 1 aromatic heterocycles. The molecular formula is C22H23FN4O3. The number of benzene rings is 1. The van der Waals surface area contributed by atoms with Crippen LogP contribution < -0.4 is 16.0 Å². The third-order valence-electron chi connectivity index (χ3n) is 5.65. The van der Waals surface area contributed by atoms with Gasteiger partial charge in [0.1, 0.15) is 23.2 Å². The third-order valence-corrected chi connectivity index (χ3v) is 5.65. The lowest BCUT2D eigenvalue weighted by atomic mass is 9.83. The SMILES string of the molecule is Cc1cc2c(c(=O)n1CCN1CCOCC1)[C@H](c1ccccc1F)C(C#N)=C(N)O2. The molecular weight excluding hydrogens is 387 g/mol. The Morgan fingerprint density at radius 1 is 1.27 bits per heavy atom. The van der Waals surface area contributed by atoms with E-state index in [9.17, 15) is 14.4 Å². The lowest BCUT2D eigenvalue weighted by Gasteiger charge is -2.29. The maximum atomic E-state index is 14.7. The predicted molar refractivity (Wildman–Crippen MR) is 108 cm³/mol. The number of fused-ring (bicyclic) bond motifs is 1. The average molecular weight is 410 g/mol. The van der Waals surface area contributed by atoms with Crippen molar-refractivity contribution in [3.8, 4) is 11.8 Å². The second-order valence-corrected chi connectivity index (χ2v) is 7.42. The van der Waals surface area contributed by atoms with Crippen molar-refractivity contribution in [2.75, 3.05) is 32.8 Å². The van der Waals surface area contributed by atoms with Gasteiger partial charge in [0.15, 0.2) is 0 Å². The van der Waals surface area contributed by atoms with E-state index in [1.807, 2.05) is 13.0 Å². The molecule has 8 heteroatoms. The fourth-order valence-electron chi connectivity index (χ4n) is 4.05. The molecule has 0 aliphatic carbocycles. The number of ether oxygens (including phenoxy) is 2. The van der Waals surface area contributed by atoms with E-state index in [1.54, 1.807) is 28.8 Å². The maximum absolute atomic E-state index is 14.7. The van der Waals surface area contributed by atoms with Gasteiger partial charge in [-0.15, -0.1) is 0 Å². The molecule has 2 aliphatic heterocycles. The first kappa shape index (κ1) is 20.1. The minimum Gasteiger partial charge on any atom is -0.440 e. The van der Waals surface area contributed by atoms with Crippen LogP contribution in [0.25, 0.3) is 0 Å². The van der Waals surface area contributed by atoms with Crippen LogP contribution in [0.3, 0.4) is 0 Å². The summed E-state index contributed by atoms with van der Waals surface area (Å²) in [6.07, 6.45) is 0. The Morgan fingerprint density at radius 2 is 2.00 bits per heavy atom. The van der Waals surface area contributed by atoms with E-state index < -0.39 is 11.7 Å². The highest BCUT2D eigenvalue weighted by Crippen LogP contribution is 2.41. The summed E-state index contributed by atoms with van der Waals surface area (Å²) in [5.74, 6) is -1.26. The number of aryl methyl sites for hydroxylation is 1. The molecule has 0 amide bonds. The molecule has 1 fully saturated rings. The van der Waals surface area contributed by atoms with Gasteiger partial charge >= 0.3 is 0 Å². The van der Waals surface area contributed by atoms with Crippen LogP contribution in [0.1, 0.15) is 22.7 Å². The summed E-state index contributed by atoms with van der Waals surface area (Å²) >= 11 is 0. The summed E-state index contributed by atoms with van der Waals surface area (Å²) in [5.41, 5.74) is 6.87. The lowest BCUT2D eigenvalue weighted by molar-refractivity contribution is 0.0362.